The number of aliphatic hydroxyl groups excluding tert-OH is 1. The van der Waals surface area contributed by atoms with Gasteiger partial charge < -0.3 is 14.9 Å². The highest BCUT2D eigenvalue weighted by atomic mass is 16.6. The Hall–Kier alpha value is -1.69. The molecule has 5 rings (SSSR count). The van der Waals surface area contributed by atoms with Crippen molar-refractivity contribution in [3.05, 3.63) is 11.6 Å². The predicted octanol–water partition coefficient (Wildman–Crippen LogP) is 4.79. The number of allylic oxidation sites excluding steroid dienone is 2. The molecule has 5 aliphatic carbocycles. The summed E-state index contributed by atoms with van der Waals surface area (Å²) in [5, 5.41) is 18.9. The molecule has 0 heterocycles. The minimum absolute atomic E-state index is 0.0531. The van der Waals surface area contributed by atoms with Crippen LogP contribution in [0, 0.1) is 51.8 Å². The molecule has 0 amide bonds. The smallest absolute Gasteiger partial charge is 0.332 e. The highest BCUT2D eigenvalue weighted by Crippen LogP contribution is 2.69. The summed E-state index contributed by atoms with van der Waals surface area (Å²) in [7, 11) is 0. The van der Waals surface area contributed by atoms with E-state index < -0.39 is 18.5 Å². The standard InChI is InChI=1S/C29H42O6/c1-16-19-7-11-29(4)20-6-10-27(2)9-5-17(26(33)34)13-21(27)18(20)14-22(31)25(29)28(19,3)12-8-23(16)35-24(32)15-30/h14,16-17,19-21,23,25,30H,5-13,15H2,1-4H3,(H,33,34)/t16?,17-,19?,20?,21?,23?,25?,27?,28?,29?/m0/s1. The molecule has 6 nitrogen and oxygen atoms in total. The van der Waals surface area contributed by atoms with Gasteiger partial charge in [0.2, 0.25) is 0 Å². The first kappa shape index (κ1) is 25.0. The molecule has 0 radical (unpaired) electrons. The van der Waals surface area contributed by atoms with Gasteiger partial charge in [-0.25, -0.2) is 4.79 Å². The van der Waals surface area contributed by atoms with E-state index in [1.54, 1.807) is 0 Å². The molecule has 0 aromatic carbocycles. The molecule has 194 valence electrons. The van der Waals surface area contributed by atoms with Crippen LogP contribution in [0.1, 0.15) is 85.5 Å². The van der Waals surface area contributed by atoms with Gasteiger partial charge in [-0.2, -0.15) is 0 Å². The minimum atomic E-state index is -0.693. The van der Waals surface area contributed by atoms with Gasteiger partial charge in [0.05, 0.1) is 5.92 Å². The maximum absolute atomic E-state index is 14.0. The summed E-state index contributed by atoms with van der Waals surface area (Å²) >= 11 is 0. The molecule has 0 spiro atoms. The molecule has 0 bridgehead atoms. The van der Waals surface area contributed by atoms with Crippen LogP contribution in [-0.2, 0) is 19.1 Å². The monoisotopic (exact) mass is 486 g/mol. The number of aliphatic carboxylic acids is 1. The summed E-state index contributed by atoms with van der Waals surface area (Å²) in [6.45, 7) is 8.51. The molecule has 2 N–H and O–H groups in total. The Balaban J connectivity index is 1.48. The number of aliphatic hydroxyl groups is 1. The molecular weight excluding hydrogens is 444 g/mol. The average Bonchev–Trinajstić information content (AvgIpc) is 2.79. The fraction of sp³-hybridized carbons (Fsp3) is 0.828. The molecule has 9 unspecified atom stereocenters. The van der Waals surface area contributed by atoms with E-state index in [0.717, 1.165) is 51.4 Å². The molecule has 6 heteroatoms. The molecule has 0 aromatic heterocycles. The maximum atomic E-state index is 14.0. The topological polar surface area (TPSA) is 101 Å². The van der Waals surface area contributed by atoms with Gasteiger partial charge in [-0.1, -0.05) is 33.3 Å². The number of rotatable bonds is 3. The van der Waals surface area contributed by atoms with Gasteiger partial charge in [0, 0.05) is 5.92 Å². The molecule has 10 atom stereocenters. The van der Waals surface area contributed by atoms with Crippen molar-refractivity contribution in [1.82, 2.24) is 0 Å². The van der Waals surface area contributed by atoms with E-state index in [1.807, 2.05) is 6.08 Å². The van der Waals surface area contributed by atoms with Gasteiger partial charge in [-0.05, 0) is 104 Å². The molecular formula is C29H42O6. The second kappa shape index (κ2) is 8.43. The van der Waals surface area contributed by atoms with E-state index >= 15 is 0 Å². The van der Waals surface area contributed by atoms with Crippen molar-refractivity contribution >= 4 is 17.7 Å². The Bertz CT molecular complexity index is 955. The third-order valence-electron chi connectivity index (χ3n) is 11.7. The van der Waals surface area contributed by atoms with E-state index in [1.165, 1.54) is 5.57 Å². The van der Waals surface area contributed by atoms with Crippen LogP contribution < -0.4 is 0 Å². The zero-order chi connectivity index (χ0) is 25.3. The van der Waals surface area contributed by atoms with Crippen LogP contribution in [0.4, 0.5) is 0 Å². The van der Waals surface area contributed by atoms with Crippen LogP contribution in [0.3, 0.4) is 0 Å². The van der Waals surface area contributed by atoms with Crippen molar-refractivity contribution in [2.75, 3.05) is 6.61 Å². The van der Waals surface area contributed by atoms with Gasteiger partial charge >= 0.3 is 11.9 Å². The van der Waals surface area contributed by atoms with Gasteiger partial charge in [-0.15, -0.1) is 0 Å². The Morgan fingerprint density at radius 2 is 1.69 bits per heavy atom. The van der Waals surface area contributed by atoms with Crippen LogP contribution in [-0.4, -0.2) is 40.6 Å². The maximum Gasteiger partial charge on any atom is 0.332 e. The fourth-order valence-corrected chi connectivity index (χ4v) is 9.94. The third kappa shape index (κ3) is 3.64. The summed E-state index contributed by atoms with van der Waals surface area (Å²) in [6.07, 6.45) is 9.85. The number of hydrogen-bond donors (Lipinski definition) is 2. The second-order valence-electron chi connectivity index (χ2n) is 13.3. The van der Waals surface area contributed by atoms with Gasteiger partial charge in [0.15, 0.2) is 5.78 Å². The first-order chi connectivity index (χ1) is 16.4. The Kier molecular flexibility index (Phi) is 6.01. The number of fused-ring (bicyclic) bond motifs is 7. The number of carboxylic acids is 1. The number of esters is 1. The SMILES string of the molecule is CC1C(OC(=O)CO)CCC2(C)C1CCC1(C)C3CCC4(C)CC[C@H](C(=O)O)CC4C3=CC(=O)C12. The number of carboxylic acid groups (broad SMARTS) is 1. The summed E-state index contributed by atoms with van der Waals surface area (Å²) < 4.78 is 5.59. The Morgan fingerprint density at radius 3 is 2.37 bits per heavy atom. The zero-order valence-electron chi connectivity index (χ0n) is 21.7. The number of carbonyl (C=O) groups excluding carboxylic acids is 2. The molecule has 5 aliphatic rings. The van der Waals surface area contributed by atoms with Crippen LogP contribution in [0.25, 0.3) is 0 Å². The summed E-state index contributed by atoms with van der Waals surface area (Å²) in [6, 6.07) is 0. The van der Waals surface area contributed by atoms with E-state index in [-0.39, 0.29) is 51.8 Å². The number of hydrogen-bond acceptors (Lipinski definition) is 5. The largest absolute Gasteiger partial charge is 0.481 e. The summed E-state index contributed by atoms with van der Waals surface area (Å²) in [4.78, 5) is 37.7. The molecule has 4 fully saturated rings. The van der Waals surface area contributed by atoms with Crippen molar-refractivity contribution < 1.29 is 29.3 Å². The average molecular weight is 487 g/mol. The quantitative estimate of drug-likeness (QED) is 0.557. The molecule has 4 saturated carbocycles. The molecule has 0 aromatic rings. The second-order valence-corrected chi connectivity index (χ2v) is 13.3. The lowest BCUT2D eigenvalue weighted by Gasteiger charge is -2.65. The first-order valence-corrected chi connectivity index (χ1v) is 13.7. The van der Waals surface area contributed by atoms with Crippen LogP contribution in [0.2, 0.25) is 0 Å². The Morgan fingerprint density at radius 1 is 1.00 bits per heavy atom. The van der Waals surface area contributed by atoms with Gasteiger partial charge in [0.1, 0.15) is 12.7 Å². The van der Waals surface area contributed by atoms with Crippen molar-refractivity contribution in [2.24, 2.45) is 51.8 Å². The molecule has 0 aliphatic heterocycles. The van der Waals surface area contributed by atoms with Gasteiger partial charge in [-0.3, -0.25) is 9.59 Å². The lowest BCUT2D eigenvalue weighted by Crippen LogP contribution is -2.62. The third-order valence-corrected chi connectivity index (χ3v) is 11.7. The molecule has 35 heavy (non-hydrogen) atoms. The van der Waals surface area contributed by atoms with E-state index in [4.69, 9.17) is 9.84 Å². The van der Waals surface area contributed by atoms with Crippen molar-refractivity contribution in [3.8, 4) is 0 Å². The lowest BCUT2D eigenvalue weighted by molar-refractivity contribution is -0.183. The lowest BCUT2D eigenvalue weighted by atomic mass is 9.38. The molecule has 0 saturated heterocycles. The van der Waals surface area contributed by atoms with Crippen LogP contribution >= 0.6 is 0 Å². The van der Waals surface area contributed by atoms with E-state index in [9.17, 15) is 19.5 Å². The summed E-state index contributed by atoms with van der Waals surface area (Å²) in [5.74, 6) is -0.398. The highest BCUT2D eigenvalue weighted by molar-refractivity contribution is 5.95. The predicted molar refractivity (Wildman–Crippen MR) is 130 cm³/mol. The minimum Gasteiger partial charge on any atom is -0.481 e. The fourth-order valence-electron chi connectivity index (χ4n) is 9.94. The normalized spacial score (nSPS) is 49.0. The van der Waals surface area contributed by atoms with Crippen molar-refractivity contribution in [3.63, 3.8) is 0 Å². The van der Waals surface area contributed by atoms with Crippen LogP contribution in [0.5, 0.6) is 0 Å². The zero-order valence-corrected chi connectivity index (χ0v) is 21.7. The first-order valence-electron chi connectivity index (χ1n) is 13.7. The highest BCUT2D eigenvalue weighted by Gasteiger charge is 2.65. The van der Waals surface area contributed by atoms with E-state index in [2.05, 4.69) is 27.7 Å². The van der Waals surface area contributed by atoms with Crippen molar-refractivity contribution in [2.45, 2.75) is 91.6 Å². The van der Waals surface area contributed by atoms with Crippen LogP contribution in [0.15, 0.2) is 11.6 Å². The summed E-state index contributed by atoms with van der Waals surface area (Å²) in [5.41, 5.74) is 1.10. The number of carbonyl (C=O) groups is 3. The van der Waals surface area contributed by atoms with E-state index in [0.29, 0.717) is 18.3 Å². The van der Waals surface area contributed by atoms with Gasteiger partial charge in [0.25, 0.3) is 0 Å². The number of ether oxygens (including phenoxy) is 1. The number of ketones is 1. The Labute approximate surface area is 208 Å². The van der Waals surface area contributed by atoms with Crippen molar-refractivity contribution in [1.29, 1.82) is 0 Å².